The summed E-state index contributed by atoms with van der Waals surface area (Å²) >= 11 is 0. The van der Waals surface area contributed by atoms with Crippen molar-refractivity contribution in [2.45, 2.75) is 26.4 Å². The van der Waals surface area contributed by atoms with Gasteiger partial charge in [-0.1, -0.05) is 5.16 Å². The molecule has 24 heavy (non-hydrogen) atoms. The highest BCUT2D eigenvalue weighted by Crippen LogP contribution is 2.08. The zero-order chi connectivity index (χ0) is 17.7. The predicted molar refractivity (Wildman–Crippen MR) is 89.3 cm³/mol. The van der Waals surface area contributed by atoms with Crippen LogP contribution in [-0.4, -0.2) is 84.5 Å². The van der Waals surface area contributed by atoms with E-state index in [1.165, 1.54) is 4.90 Å². The van der Waals surface area contributed by atoms with Crippen molar-refractivity contribution in [1.82, 2.24) is 25.2 Å². The van der Waals surface area contributed by atoms with Gasteiger partial charge in [-0.3, -0.25) is 19.4 Å². The molecule has 2 rings (SSSR count). The fourth-order valence-corrected chi connectivity index (χ4v) is 2.77. The number of nitrogens with zero attached hydrogens (tertiary/aromatic N) is 4. The van der Waals surface area contributed by atoms with Gasteiger partial charge in [0.2, 0.25) is 11.8 Å². The van der Waals surface area contributed by atoms with E-state index in [0.29, 0.717) is 6.54 Å². The van der Waals surface area contributed by atoms with Crippen molar-refractivity contribution in [3.05, 3.63) is 17.5 Å². The lowest BCUT2D eigenvalue weighted by molar-refractivity contribution is -0.134. The predicted octanol–water partition coefficient (Wildman–Crippen LogP) is -0.306. The molecule has 0 aromatic carbocycles. The standard InChI is InChI=1S/C16H27N5O3/c1-12-9-14(18-24-12)10-20-5-7-21(8-6-20)11-15(22)17-13(2)16(23)19(3)4/h9,13H,5-8,10-11H2,1-4H3,(H,17,22). The van der Waals surface area contributed by atoms with Crippen LogP contribution in [0.25, 0.3) is 0 Å². The fraction of sp³-hybridized carbons (Fsp3) is 0.688. The minimum absolute atomic E-state index is 0.101. The Kier molecular flexibility index (Phi) is 6.33. The third-order valence-corrected chi connectivity index (χ3v) is 4.08. The molecule has 0 spiro atoms. The Balaban J connectivity index is 1.70. The minimum atomic E-state index is -0.496. The Labute approximate surface area is 142 Å². The molecule has 8 nitrogen and oxygen atoms in total. The maximum absolute atomic E-state index is 12.1. The number of carbonyl (C=O) groups excluding carboxylic acids is 2. The van der Waals surface area contributed by atoms with E-state index in [4.69, 9.17) is 4.52 Å². The monoisotopic (exact) mass is 337 g/mol. The largest absolute Gasteiger partial charge is 0.361 e. The smallest absolute Gasteiger partial charge is 0.244 e. The first kappa shape index (κ1) is 18.4. The molecule has 0 saturated carbocycles. The van der Waals surface area contributed by atoms with Crippen molar-refractivity contribution in [1.29, 1.82) is 0 Å². The Morgan fingerprint density at radius 2 is 1.92 bits per heavy atom. The van der Waals surface area contributed by atoms with Crippen LogP contribution in [0.5, 0.6) is 0 Å². The van der Waals surface area contributed by atoms with Crippen LogP contribution in [0.2, 0.25) is 0 Å². The summed E-state index contributed by atoms with van der Waals surface area (Å²) in [4.78, 5) is 29.7. The Morgan fingerprint density at radius 3 is 2.46 bits per heavy atom. The van der Waals surface area contributed by atoms with Gasteiger partial charge in [-0.25, -0.2) is 0 Å². The van der Waals surface area contributed by atoms with Crippen molar-refractivity contribution in [3.8, 4) is 0 Å². The molecule has 1 fully saturated rings. The van der Waals surface area contributed by atoms with Crippen LogP contribution in [-0.2, 0) is 16.1 Å². The number of nitrogens with one attached hydrogen (secondary N) is 1. The van der Waals surface area contributed by atoms with Crippen molar-refractivity contribution < 1.29 is 14.1 Å². The van der Waals surface area contributed by atoms with Gasteiger partial charge in [0.25, 0.3) is 0 Å². The third kappa shape index (κ3) is 5.31. The summed E-state index contributed by atoms with van der Waals surface area (Å²) in [7, 11) is 3.36. The van der Waals surface area contributed by atoms with E-state index in [-0.39, 0.29) is 11.8 Å². The molecule has 0 bridgehead atoms. The van der Waals surface area contributed by atoms with E-state index in [0.717, 1.165) is 44.2 Å². The molecule has 0 radical (unpaired) electrons. The molecule has 1 aliphatic rings. The maximum Gasteiger partial charge on any atom is 0.244 e. The Hall–Kier alpha value is -1.93. The number of hydrogen-bond donors (Lipinski definition) is 1. The van der Waals surface area contributed by atoms with E-state index in [2.05, 4.69) is 20.3 Å². The molecule has 1 N–H and O–H groups in total. The molecule has 2 amide bonds. The van der Waals surface area contributed by atoms with Gasteiger partial charge in [-0.2, -0.15) is 0 Å². The van der Waals surface area contributed by atoms with E-state index in [9.17, 15) is 9.59 Å². The number of amides is 2. The molecule has 134 valence electrons. The number of piperazine rings is 1. The van der Waals surface area contributed by atoms with Gasteiger partial charge >= 0.3 is 0 Å². The number of likely N-dealkylation sites (N-methyl/N-ethyl adjacent to an activating group) is 1. The summed E-state index contributed by atoms with van der Waals surface area (Å²) in [6.07, 6.45) is 0. The normalized spacial score (nSPS) is 17.5. The van der Waals surface area contributed by atoms with Crippen molar-refractivity contribution in [2.24, 2.45) is 0 Å². The van der Waals surface area contributed by atoms with Crippen LogP contribution in [0.1, 0.15) is 18.4 Å². The summed E-state index contributed by atoms with van der Waals surface area (Å²) in [6, 6.07) is 1.45. The topological polar surface area (TPSA) is 81.9 Å². The highest BCUT2D eigenvalue weighted by Gasteiger charge is 2.22. The summed E-state index contributed by atoms with van der Waals surface area (Å²) in [5.74, 6) is 0.607. The van der Waals surface area contributed by atoms with E-state index < -0.39 is 6.04 Å². The van der Waals surface area contributed by atoms with Gasteiger partial charge in [-0.15, -0.1) is 0 Å². The molecule has 1 aromatic heterocycles. The summed E-state index contributed by atoms with van der Waals surface area (Å²) < 4.78 is 5.08. The maximum atomic E-state index is 12.1. The van der Waals surface area contributed by atoms with Gasteiger partial charge in [0.15, 0.2) is 0 Å². The molecule has 2 heterocycles. The zero-order valence-electron chi connectivity index (χ0n) is 14.9. The second-order valence-electron chi connectivity index (χ2n) is 6.50. The van der Waals surface area contributed by atoms with E-state index >= 15 is 0 Å². The van der Waals surface area contributed by atoms with Gasteiger partial charge in [0.05, 0.1) is 12.2 Å². The molecule has 1 unspecified atom stereocenters. The summed E-state index contributed by atoms with van der Waals surface area (Å²) in [6.45, 7) is 8.08. The summed E-state index contributed by atoms with van der Waals surface area (Å²) in [5, 5.41) is 6.76. The lowest BCUT2D eigenvalue weighted by Gasteiger charge is -2.34. The molecular weight excluding hydrogens is 310 g/mol. The van der Waals surface area contributed by atoms with Gasteiger partial charge in [0, 0.05) is 52.9 Å². The quantitative estimate of drug-likeness (QED) is 0.767. The molecular formula is C16H27N5O3. The zero-order valence-corrected chi connectivity index (χ0v) is 14.9. The average Bonchev–Trinajstić information content (AvgIpc) is 2.93. The minimum Gasteiger partial charge on any atom is -0.361 e. The van der Waals surface area contributed by atoms with Crippen LogP contribution < -0.4 is 5.32 Å². The molecule has 0 aliphatic carbocycles. The van der Waals surface area contributed by atoms with E-state index in [1.54, 1.807) is 21.0 Å². The SMILES string of the molecule is Cc1cc(CN2CCN(CC(=O)NC(C)C(=O)N(C)C)CC2)no1. The highest BCUT2D eigenvalue weighted by atomic mass is 16.5. The number of rotatable bonds is 6. The van der Waals surface area contributed by atoms with Gasteiger partial charge in [0.1, 0.15) is 11.8 Å². The molecule has 1 aromatic rings. The number of hydrogen-bond acceptors (Lipinski definition) is 6. The molecule has 1 atom stereocenters. The third-order valence-electron chi connectivity index (χ3n) is 4.08. The second-order valence-corrected chi connectivity index (χ2v) is 6.50. The van der Waals surface area contributed by atoms with Crippen molar-refractivity contribution in [3.63, 3.8) is 0 Å². The lowest BCUT2D eigenvalue weighted by atomic mass is 10.2. The molecule has 1 aliphatic heterocycles. The highest BCUT2D eigenvalue weighted by molar-refractivity contribution is 5.87. The number of aromatic nitrogens is 1. The van der Waals surface area contributed by atoms with Crippen LogP contribution in [0, 0.1) is 6.92 Å². The molecule has 8 heteroatoms. The number of carbonyl (C=O) groups is 2. The van der Waals surface area contributed by atoms with E-state index in [1.807, 2.05) is 13.0 Å². The fourth-order valence-electron chi connectivity index (χ4n) is 2.77. The van der Waals surface area contributed by atoms with Crippen molar-refractivity contribution in [2.75, 3.05) is 46.8 Å². The van der Waals surface area contributed by atoms with Crippen LogP contribution in [0.4, 0.5) is 0 Å². The second kappa shape index (κ2) is 8.25. The van der Waals surface area contributed by atoms with Crippen LogP contribution in [0.3, 0.4) is 0 Å². The van der Waals surface area contributed by atoms with Crippen LogP contribution in [0.15, 0.2) is 10.6 Å². The first-order valence-corrected chi connectivity index (χ1v) is 8.22. The Morgan fingerprint density at radius 1 is 1.29 bits per heavy atom. The van der Waals surface area contributed by atoms with Gasteiger partial charge < -0.3 is 14.7 Å². The van der Waals surface area contributed by atoms with Gasteiger partial charge in [-0.05, 0) is 13.8 Å². The first-order chi connectivity index (χ1) is 11.3. The average molecular weight is 337 g/mol. The van der Waals surface area contributed by atoms with Crippen LogP contribution >= 0.6 is 0 Å². The summed E-state index contributed by atoms with van der Waals surface area (Å²) in [5.41, 5.74) is 0.940. The first-order valence-electron chi connectivity index (χ1n) is 8.22. The Bertz CT molecular complexity index is 564. The molecule has 1 saturated heterocycles. The number of aryl methyl sites for hydroxylation is 1. The lowest BCUT2D eigenvalue weighted by Crippen LogP contribution is -2.51. The van der Waals surface area contributed by atoms with Crippen molar-refractivity contribution >= 4 is 11.8 Å².